The largest absolute Gasteiger partial charge is 0.333 e. The predicted octanol–water partition coefficient (Wildman–Crippen LogP) is 3.67. The number of rotatable bonds is 5. The topological polar surface area (TPSA) is 38.1 Å². The smallest absolute Gasteiger partial charge is 0.272 e. The number of hydrogen-bond donors (Lipinski definition) is 0. The average molecular weight is 323 g/mol. The van der Waals surface area contributed by atoms with Gasteiger partial charge >= 0.3 is 0 Å². The molecule has 2 aromatic carbocycles. The Labute approximate surface area is 140 Å². The van der Waals surface area contributed by atoms with Crippen molar-refractivity contribution in [2.24, 2.45) is 0 Å². The van der Waals surface area contributed by atoms with Crippen LogP contribution in [0.1, 0.15) is 23.0 Å². The molecular weight excluding hydrogens is 305 g/mol. The minimum atomic E-state index is -0.301. The molecule has 1 amide bonds. The fourth-order valence-corrected chi connectivity index (χ4v) is 2.59. The molecule has 0 radical (unpaired) electrons. The Morgan fingerprint density at radius 3 is 2.67 bits per heavy atom. The summed E-state index contributed by atoms with van der Waals surface area (Å²) < 4.78 is 15.1. The van der Waals surface area contributed by atoms with Crippen LogP contribution >= 0.6 is 0 Å². The van der Waals surface area contributed by atoms with Crippen LogP contribution in [0.5, 0.6) is 0 Å². The number of nitrogens with zero attached hydrogens (tertiary/aromatic N) is 3. The van der Waals surface area contributed by atoms with E-state index in [-0.39, 0.29) is 11.7 Å². The molecule has 0 bridgehead atoms. The fraction of sp³-hybridized carbons (Fsp3) is 0.158. The molecule has 4 nitrogen and oxygen atoms in total. The zero-order valence-electron chi connectivity index (χ0n) is 13.4. The number of para-hydroxylation sites is 1. The van der Waals surface area contributed by atoms with Gasteiger partial charge in [-0.05, 0) is 36.8 Å². The first kappa shape index (κ1) is 15.9. The van der Waals surface area contributed by atoms with Gasteiger partial charge in [-0.15, -0.1) is 0 Å². The number of amides is 1. The van der Waals surface area contributed by atoms with E-state index < -0.39 is 0 Å². The van der Waals surface area contributed by atoms with E-state index in [1.165, 1.54) is 12.1 Å². The Morgan fingerprint density at radius 2 is 1.96 bits per heavy atom. The zero-order chi connectivity index (χ0) is 16.9. The van der Waals surface area contributed by atoms with Crippen molar-refractivity contribution in [3.8, 4) is 5.69 Å². The predicted molar refractivity (Wildman–Crippen MR) is 90.4 cm³/mol. The van der Waals surface area contributed by atoms with Crippen molar-refractivity contribution in [2.75, 3.05) is 6.54 Å². The lowest BCUT2D eigenvalue weighted by molar-refractivity contribution is 0.0744. The van der Waals surface area contributed by atoms with E-state index in [1.54, 1.807) is 28.1 Å². The molecule has 0 aliphatic rings. The maximum absolute atomic E-state index is 13.4. The molecule has 0 saturated heterocycles. The van der Waals surface area contributed by atoms with Gasteiger partial charge in [0.05, 0.1) is 12.5 Å². The van der Waals surface area contributed by atoms with Crippen molar-refractivity contribution < 1.29 is 9.18 Å². The molecule has 1 heterocycles. The minimum absolute atomic E-state index is 0.136. The summed E-state index contributed by atoms with van der Waals surface area (Å²) >= 11 is 0. The van der Waals surface area contributed by atoms with Crippen LogP contribution in [0.2, 0.25) is 0 Å². The molecule has 0 atom stereocenters. The molecule has 0 fully saturated rings. The summed E-state index contributed by atoms with van der Waals surface area (Å²) in [7, 11) is 0. The maximum Gasteiger partial charge on any atom is 0.272 e. The first-order chi connectivity index (χ1) is 11.7. The summed E-state index contributed by atoms with van der Waals surface area (Å²) in [5, 5.41) is 0. The monoisotopic (exact) mass is 323 g/mol. The number of carbonyl (C=O) groups excluding carboxylic acids is 1. The molecular formula is C19H18FN3O. The highest BCUT2D eigenvalue weighted by atomic mass is 19.1. The number of aromatic nitrogens is 2. The molecule has 122 valence electrons. The van der Waals surface area contributed by atoms with Crippen LogP contribution in [-0.4, -0.2) is 26.9 Å². The maximum atomic E-state index is 13.4. The molecule has 0 N–H and O–H groups in total. The van der Waals surface area contributed by atoms with E-state index >= 15 is 0 Å². The van der Waals surface area contributed by atoms with Gasteiger partial charge in [0.2, 0.25) is 0 Å². The normalized spacial score (nSPS) is 10.6. The zero-order valence-corrected chi connectivity index (χ0v) is 13.4. The second-order valence-electron chi connectivity index (χ2n) is 5.43. The van der Waals surface area contributed by atoms with Crippen molar-refractivity contribution in [1.29, 1.82) is 0 Å². The van der Waals surface area contributed by atoms with Crippen LogP contribution in [0.4, 0.5) is 4.39 Å². The van der Waals surface area contributed by atoms with Crippen LogP contribution in [-0.2, 0) is 6.54 Å². The average Bonchev–Trinajstić information content (AvgIpc) is 3.09. The number of benzene rings is 2. The molecule has 24 heavy (non-hydrogen) atoms. The van der Waals surface area contributed by atoms with Crippen LogP contribution in [0.3, 0.4) is 0 Å². The first-order valence-electron chi connectivity index (χ1n) is 7.80. The molecule has 0 unspecified atom stereocenters. The fourth-order valence-electron chi connectivity index (χ4n) is 2.59. The molecule has 5 heteroatoms. The van der Waals surface area contributed by atoms with E-state index in [2.05, 4.69) is 4.98 Å². The number of imidazole rings is 1. The highest BCUT2D eigenvalue weighted by Crippen LogP contribution is 2.15. The third-order valence-corrected chi connectivity index (χ3v) is 3.82. The summed E-state index contributed by atoms with van der Waals surface area (Å²) in [5.41, 5.74) is 2.12. The molecule has 0 aliphatic heterocycles. The Bertz CT molecular complexity index is 829. The van der Waals surface area contributed by atoms with Gasteiger partial charge in [-0.25, -0.2) is 9.37 Å². The van der Waals surface area contributed by atoms with Gasteiger partial charge in [-0.3, -0.25) is 9.36 Å². The lowest BCUT2D eigenvalue weighted by atomic mass is 10.2. The standard InChI is InChI=1S/C19H18FN3O/c1-2-22(13-15-7-6-8-16(20)11-15)19(24)18-12-21-14-23(18)17-9-4-3-5-10-17/h3-12,14H,2,13H2,1H3. The Morgan fingerprint density at radius 1 is 1.17 bits per heavy atom. The van der Waals surface area contributed by atoms with Crippen molar-refractivity contribution >= 4 is 5.91 Å². The molecule has 1 aromatic heterocycles. The van der Waals surface area contributed by atoms with Crippen molar-refractivity contribution in [3.63, 3.8) is 0 Å². The second kappa shape index (κ2) is 7.08. The molecule has 0 saturated carbocycles. The van der Waals surface area contributed by atoms with Gasteiger partial charge in [-0.1, -0.05) is 30.3 Å². The lowest BCUT2D eigenvalue weighted by Crippen LogP contribution is -2.31. The van der Waals surface area contributed by atoms with Gasteiger partial charge < -0.3 is 4.90 Å². The Kier molecular flexibility index (Phi) is 4.70. The van der Waals surface area contributed by atoms with E-state index in [0.717, 1.165) is 11.3 Å². The van der Waals surface area contributed by atoms with Crippen LogP contribution in [0.25, 0.3) is 5.69 Å². The summed E-state index contributed by atoms with van der Waals surface area (Å²) in [4.78, 5) is 18.7. The van der Waals surface area contributed by atoms with Gasteiger partial charge in [-0.2, -0.15) is 0 Å². The van der Waals surface area contributed by atoms with Crippen LogP contribution in [0, 0.1) is 5.82 Å². The van der Waals surface area contributed by atoms with E-state index in [0.29, 0.717) is 18.8 Å². The van der Waals surface area contributed by atoms with Crippen molar-refractivity contribution in [1.82, 2.24) is 14.5 Å². The first-order valence-corrected chi connectivity index (χ1v) is 7.80. The SMILES string of the molecule is CCN(Cc1cccc(F)c1)C(=O)c1cncn1-c1ccccc1. The van der Waals surface area contributed by atoms with Crippen molar-refractivity contribution in [2.45, 2.75) is 13.5 Å². The van der Waals surface area contributed by atoms with Gasteiger partial charge in [0.25, 0.3) is 5.91 Å². The van der Waals surface area contributed by atoms with Gasteiger partial charge in [0.1, 0.15) is 11.5 Å². The van der Waals surface area contributed by atoms with E-state index in [4.69, 9.17) is 0 Å². The summed E-state index contributed by atoms with van der Waals surface area (Å²) in [5.74, 6) is -0.437. The highest BCUT2D eigenvalue weighted by Gasteiger charge is 2.19. The summed E-state index contributed by atoms with van der Waals surface area (Å²) in [6.07, 6.45) is 3.18. The number of hydrogen-bond acceptors (Lipinski definition) is 2. The molecule has 0 aliphatic carbocycles. The van der Waals surface area contributed by atoms with Crippen LogP contribution < -0.4 is 0 Å². The second-order valence-corrected chi connectivity index (χ2v) is 5.43. The number of halogens is 1. The van der Waals surface area contributed by atoms with Crippen LogP contribution in [0.15, 0.2) is 67.1 Å². The summed E-state index contributed by atoms with van der Waals surface area (Å²) in [6.45, 7) is 2.78. The Hall–Kier alpha value is -2.95. The third kappa shape index (κ3) is 3.35. The molecule has 3 aromatic rings. The minimum Gasteiger partial charge on any atom is -0.333 e. The summed E-state index contributed by atoms with van der Waals surface area (Å²) in [6, 6.07) is 15.9. The lowest BCUT2D eigenvalue weighted by Gasteiger charge is -2.21. The van der Waals surface area contributed by atoms with E-state index in [9.17, 15) is 9.18 Å². The highest BCUT2D eigenvalue weighted by molar-refractivity contribution is 5.93. The molecule has 0 spiro atoms. The third-order valence-electron chi connectivity index (χ3n) is 3.82. The van der Waals surface area contributed by atoms with Gasteiger partial charge in [0.15, 0.2) is 0 Å². The Balaban J connectivity index is 1.86. The van der Waals surface area contributed by atoms with Crippen molar-refractivity contribution in [3.05, 3.63) is 84.2 Å². The quantitative estimate of drug-likeness (QED) is 0.718. The van der Waals surface area contributed by atoms with E-state index in [1.807, 2.05) is 43.3 Å². The molecule has 3 rings (SSSR count). The van der Waals surface area contributed by atoms with Gasteiger partial charge in [0, 0.05) is 18.8 Å². The number of carbonyl (C=O) groups is 1.